The molecule has 1 aliphatic heterocycles. The lowest BCUT2D eigenvalue weighted by atomic mass is 9.96. The predicted molar refractivity (Wildman–Crippen MR) is 140 cm³/mol. The maximum absolute atomic E-state index is 13.0. The Bertz CT molecular complexity index is 1360. The SMILES string of the molecule is CN(C(=O)OC(C)(C)C)c1cc(Nc2cc(Cl)cnc2OC2CCC2)nc2c(C(=O)NC3COC3)cnn12. The van der Waals surface area contributed by atoms with E-state index in [0.717, 1.165) is 19.3 Å². The predicted octanol–water partition coefficient (Wildman–Crippen LogP) is 3.95. The van der Waals surface area contributed by atoms with Crippen LogP contribution in [0, 0.1) is 0 Å². The van der Waals surface area contributed by atoms with Crippen molar-refractivity contribution >= 4 is 46.6 Å². The Hall–Kier alpha value is -3.64. The fourth-order valence-electron chi connectivity index (χ4n) is 3.81. The molecule has 0 bridgehead atoms. The van der Waals surface area contributed by atoms with Gasteiger partial charge in [0.1, 0.15) is 34.6 Å². The quantitative estimate of drug-likeness (QED) is 0.454. The van der Waals surface area contributed by atoms with Gasteiger partial charge in [-0.05, 0) is 46.1 Å². The molecular formula is C25H30ClN7O5. The van der Waals surface area contributed by atoms with Crippen molar-refractivity contribution in [2.75, 3.05) is 30.5 Å². The van der Waals surface area contributed by atoms with Crippen LogP contribution in [0.1, 0.15) is 50.4 Å². The second-order valence-corrected chi connectivity index (χ2v) is 10.8. The molecule has 0 aromatic carbocycles. The molecule has 0 atom stereocenters. The van der Waals surface area contributed by atoms with Gasteiger partial charge in [0, 0.05) is 19.3 Å². The van der Waals surface area contributed by atoms with E-state index < -0.39 is 11.7 Å². The van der Waals surface area contributed by atoms with E-state index in [1.807, 2.05) is 0 Å². The number of amides is 2. The van der Waals surface area contributed by atoms with Crippen LogP contribution in [-0.2, 0) is 9.47 Å². The fourth-order valence-corrected chi connectivity index (χ4v) is 3.97. The Morgan fingerprint density at radius 1 is 1.21 bits per heavy atom. The first-order chi connectivity index (χ1) is 18.1. The first kappa shape index (κ1) is 26.0. The van der Waals surface area contributed by atoms with Crippen LogP contribution in [0.4, 0.5) is 22.1 Å². The molecule has 1 aliphatic carbocycles. The number of nitrogens with zero attached hydrogens (tertiary/aromatic N) is 5. The summed E-state index contributed by atoms with van der Waals surface area (Å²) in [5.41, 5.74) is 0.284. The molecule has 13 heteroatoms. The lowest BCUT2D eigenvalue weighted by Crippen LogP contribution is -2.48. The van der Waals surface area contributed by atoms with E-state index >= 15 is 0 Å². The van der Waals surface area contributed by atoms with Gasteiger partial charge in [0.05, 0.1) is 30.5 Å². The van der Waals surface area contributed by atoms with Crippen molar-refractivity contribution in [1.29, 1.82) is 0 Å². The zero-order valence-electron chi connectivity index (χ0n) is 21.7. The van der Waals surface area contributed by atoms with Crippen LogP contribution in [0.25, 0.3) is 5.65 Å². The van der Waals surface area contributed by atoms with E-state index in [9.17, 15) is 9.59 Å². The molecule has 1 saturated heterocycles. The zero-order valence-corrected chi connectivity index (χ0v) is 22.4. The Kier molecular flexibility index (Phi) is 7.01. The molecule has 38 heavy (non-hydrogen) atoms. The summed E-state index contributed by atoms with van der Waals surface area (Å²) < 4.78 is 18.2. The number of rotatable bonds is 7. The monoisotopic (exact) mass is 543 g/mol. The van der Waals surface area contributed by atoms with Crippen molar-refractivity contribution in [3.8, 4) is 5.88 Å². The molecule has 202 valence electrons. The summed E-state index contributed by atoms with van der Waals surface area (Å²) in [5.74, 6) is 0.697. The van der Waals surface area contributed by atoms with Gasteiger partial charge in [0.15, 0.2) is 5.65 Å². The van der Waals surface area contributed by atoms with E-state index in [2.05, 4.69) is 25.7 Å². The number of hydrogen-bond donors (Lipinski definition) is 2. The number of nitrogens with one attached hydrogen (secondary N) is 2. The minimum Gasteiger partial charge on any atom is -0.473 e. The molecule has 12 nitrogen and oxygen atoms in total. The number of ether oxygens (including phenoxy) is 3. The lowest BCUT2D eigenvalue weighted by Gasteiger charge is -2.27. The molecule has 3 aromatic rings. The topological polar surface area (TPSA) is 132 Å². The highest BCUT2D eigenvalue weighted by Gasteiger charge is 2.28. The molecule has 0 spiro atoms. The number of anilines is 3. The van der Waals surface area contributed by atoms with Crippen LogP contribution in [0.2, 0.25) is 5.02 Å². The molecule has 0 radical (unpaired) electrons. The van der Waals surface area contributed by atoms with Gasteiger partial charge in [-0.1, -0.05) is 11.6 Å². The number of hydrogen-bond acceptors (Lipinski definition) is 9. The number of fused-ring (bicyclic) bond motifs is 1. The van der Waals surface area contributed by atoms with Gasteiger partial charge in [-0.2, -0.15) is 9.61 Å². The normalized spacial score (nSPS) is 15.9. The number of aromatic nitrogens is 4. The minimum atomic E-state index is -0.710. The standard InChI is InChI=1S/C25H30ClN7O5/c1-25(2,3)38-24(35)32(4)20-9-19(30-18-8-14(26)10-27-23(18)37-16-6-5-7-16)31-21-17(11-28-33(20)21)22(34)29-15-12-36-13-15/h8-11,15-16H,5-7,12-13H2,1-4H3,(H,29,34)(H,30,31). The third-order valence-electron chi connectivity index (χ3n) is 6.09. The summed E-state index contributed by atoms with van der Waals surface area (Å²) in [5, 5.41) is 10.9. The van der Waals surface area contributed by atoms with Crippen LogP contribution in [0.5, 0.6) is 5.88 Å². The molecule has 5 rings (SSSR count). The molecule has 0 unspecified atom stereocenters. The van der Waals surface area contributed by atoms with Crippen LogP contribution in [-0.4, -0.2) is 69.6 Å². The number of halogens is 1. The van der Waals surface area contributed by atoms with Crippen LogP contribution >= 0.6 is 11.6 Å². The van der Waals surface area contributed by atoms with E-state index in [0.29, 0.717) is 41.4 Å². The highest BCUT2D eigenvalue weighted by Crippen LogP contribution is 2.33. The molecule has 1 saturated carbocycles. The molecule has 2 fully saturated rings. The summed E-state index contributed by atoms with van der Waals surface area (Å²) in [4.78, 5) is 36.3. The summed E-state index contributed by atoms with van der Waals surface area (Å²) in [7, 11) is 1.56. The van der Waals surface area contributed by atoms with E-state index in [1.54, 1.807) is 40.0 Å². The zero-order chi connectivity index (χ0) is 27.0. The first-order valence-corrected chi connectivity index (χ1v) is 12.8. The maximum atomic E-state index is 13.0. The number of carbonyl (C=O) groups is 2. The van der Waals surface area contributed by atoms with Gasteiger partial charge in [0.25, 0.3) is 5.91 Å². The second kappa shape index (κ2) is 10.3. The van der Waals surface area contributed by atoms with Gasteiger partial charge in [-0.25, -0.2) is 14.8 Å². The van der Waals surface area contributed by atoms with Crippen molar-refractivity contribution < 1.29 is 23.8 Å². The lowest BCUT2D eigenvalue weighted by molar-refractivity contribution is -0.00343. The molecule has 2 N–H and O–H groups in total. The Labute approximate surface area is 224 Å². The number of carbonyl (C=O) groups excluding carboxylic acids is 2. The smallest absolute Gasteiger partial charge is 0.415 e. The van der Waals surface area contributed by atoms with Gasteiger partial charge in [-0.15, -0.1) is 0 Å². The Morgan fingerprint density at radius 2 is 1.97 bits per heavy atom. The summed E-state index contributed by atoms with van der Waals surface area (Å²) in [6, 6.07) is 3.23. The molecule has 2 aliphatic rings. The third kappa shape index (κ3) is 5.60. The third-order valence-corrected chi connectivity index (χ3v) is 6.30. The average molecular weight is 544 g/mol. The largest absolute Gasteiger partial charge is 0.473 e. The van der Waals surface area contributed by atoms with E-state index in [4.69, 9.17) is 25.8 Å². The van der Waals surface area contributed by atoms with Crippen molar-refractivity contribution in [3.63, 3.8) is 0 Å². The van der Waals surface area contributed by atoms with Crippen molar-refractivity contribution in [2.45, 2.75) is 57.8 Å². The van der Waals surface area contributed by atoms with Gasteiger partial charge in [-0.3, -0.25) is 9.69 Å². The molecule has 3 aromatic heterocycles. The van der Waals surface area contributed by atoms with Crippen LogP contribution in [0.3, 0.4) is 0 Å². The van der Waals surface area contributed by atoms with Gasteiger partial charge < -0.3 is 24.8 Å². The minimum absolute atomic E-state index is 0.0774. The van der Waals surface area contributed by atoms with Crippen LogP contribution in [0.15, 0.2) is 24.5 Å². The Morgan fingerprint density at radius 3 is 2.61 bits per heavy atom. The van der Waals surface area contributed by atoms with Gasteiger partial charge in [0.2, 0.25) is 5.88 Å². The number of pyridine rings is 1. The van der Waals surface area contributed by atoms with Gasteiger partial charge >= 0.3 is 6.09 Å². The highest BCUT2D eigenvalue weighted by molar-refractivity contribution is 6.30. The van der Waals surface area contributed by atoms with Crippen molar-refractivity contribution in [2.24, 2.45) is 0 Å². The summed E-state index contributed by atoms with van der Waals surface area (Å²) in [6.45, 7) is 6.24. The Balaban J connectivity index is 1.54. The maximum Gasteiger partial charge on any atom is 0.415 e. The summed E-state index contributed by atoms with van der Waals surface area (Å²) in [6.07, 6.45) is 5.45. The van der Waals surface area contributed by atoms with Crippen molar-refractivity contribution in [3.05, 3.63) is 35.1 Å². The highest BCUT2D eigenvalue weighted by atomic mass is 35.5. The second-order valence-electron chi connectivity index (χ2n) is 10.3. The average Bonchev–Trinajstić information content (AvgIpc) is 3.21. The molecule has 2 amide bonds. The van der Waals surface area contributed by atoms with E-state index in [-0.39, 0.29) is 29.3 Å². The first-order valence-electron chi connectivity index (χ1n) is 12.4. The van der Waals surface area contributed by atoms with Crippen LogP contribution < -0.4 is 20.3 Å². The van der Waals surface area contributed by atoms with Crippen molar-refractivity contribution in [1.82, 2.24) is 24.9 Å². The van der Waals surface area contributed by atoms with E-state index in [1.165, 1.54) is 21.8 Å². The molecule has 4 heterocycles. The summed E-state index contributed by atoms with van der Waals surface area (Å²) >= 11 is 6.24. The molecular weight excluding hydrogens is 514 g/mol. The fraction of sp³-hybridized carbons (Fsp3) is 0.480.